The van der Waals surface area contributed by atoms with Gasteiger partial charge in [0.25, 0.3) is 0 Å². The molecular weight excluding hydrogens is 444 g/mol. The lowest BCUT2D eigenvalue weighted by molar-refractivity contribution is -0.117. The van der Waals surface area contributed by atoms with E-state index in [-0.39, 0.29) is 11.7 Å². The number of hydrogen-bond donors (Lipinski definition) is 3. The maximum Gasteiger partial charge on any atom is 0.321 e. The fourth-order valence-corrected chi connectivity index (χ4v) is 5.58. The molecule has 2 aromatic heterocycles. The van der Waals surface area contributed by atoms with Crippen LogP contribution < -0.4 is 16.0 Å². The second-order valence-electron chi connectivity index (χ2n) is 7.56. The van der Waals surface area contributed by atoms with Gasteiger partial charge in [0.15, 0.2) is 5.16 Å². The summed E-state index contributed by atoms with van der Waals surface area (Å²) in [6.45, 7) is 5.09. The summed E-state index contributed by atoms with van der Waals surface area (Å²) >= 11 is 2.92. The van der Waals surface area contributed by atoms with Crippen LogP contribution in [0.3, 0.4) is 0 Å². The molecule has 168 valence electrons. The molecule has 0 unspecified atom stereocenters. The van der Waals surface area contributed by atoms with Crippen molar-refractivity contribution in [3.05, 3.63) is 46.3 Å². The average Bonchev–Trinajstić information content (AvgIpc) is 3.14. The van der Waals surface area contributed by atoms with Gasteiger partial charge in [0.05, 0.1) is 11.1 Å². The normalized spacial score (nSPS) is 13.6. The fourth-order valence-electron chi connectivity index (χ4n) is 3.58. The maximum atomic E-state index is 12.2. The smallest absolute Gasteiger partial charge is 0.321 e. The molecule has 3 N–H and O–H groups in total. The summed E-state index contributed by atoms with van der Waals surface area (Å²) in [5.41, 5.74) is 2.30. The quantitative estimate of drug-likeness (QED) is 0.360. The largest absolute Gasteiger partial charge is 0.370 e. The van der Waals surface area contributed by atoms with Gasteiger partial charge < -0.3 is 15.5 Å². The van der Waals surface area contributed by atoms with Gasteiger partial charge in [-0.1, -0.05) is 42.1 Å². The Morgan fingerprint density at radius 1 is 1.22 bits per heavy atom. The highest BCUT2D eigenvalue weighted by Crippen LogP contribution is 2.38. The third kappa shape index (κ3) is 5.37. The Morgan fingerprint density at radius 3 is 2.81 bits per heavy atom. The molecule has 0 saturated heterocycles. The number of amides is 3. The monoisotopic (exact) mass is 470 g/mol. The van der Waals surface area contributed by atoms with E-state index in [1.807, 2.05) is 37.3 Å². The molecule has 3 heterocycles. The minimum absolute atomic E-state index is 0.0592. The zero-order chi connectivity index (χ0) is 22.5. The third-order valence-corrected chi connectivity index (χ3v) is 7.05. The van der Waals surface area contributed by atoms with Crippen LogP contribution in [0.4, 0.5) is 10.6 Å². The molecule has 10 heteroatoms. The molecule has 0 radical (unpaired) electrons. The molecule has 1 aromatic carbocycles. The van der Waals surface area contributed by atoms with Crippen LogP contribution in [-0.2, 0) is 24.3 Å². The summed E-state index contributed by atoms with van der Waals surface area (Å²) in [5.74, 6) is 0.494. The van der Waals surface area contributed by atoms with Gasteiger partial charge >= 0.3 is 6.03 Å². The summed E-state index contributed by atoms with van der Waals surface area (Å²) < 4.78 is 0. The number of aromatic nitrogens is 2. The zero-order valence-corrected chi connectivity index (χ0v) is 19.7. The highest BCUT2D eigenvalue weighted by atomic mass is 32.2. The second kappa shape index (κ2) is 10.3. The number of thiophene rings is 1. The van der Waals surface area contributed by atoms with Crippen LogP contribution in [0.2, 0.25) is 0 Å². The van der Waals surface area contributed by atoms with E-state index in [1.165, 1.54) is 22.2 Å². The lowest BCUT2D eigenvalue weighted by Crippen LogP contribution is -2.39. The number of nitrogens with one attached hydrogen (secondary N) is 3. The Hall–Kier alpha value is -2.69. The molecule has 0 spiro atoms. The first-order valence-electron chi connectivity index (χ1n) is 10.5. The molecule has 1 aliphatic rings. The van der Waals surface area contributed by atoms with Gasteiger partial charge in [-0.15, -0.1) is 11.3 Å². The van der Waals surface area contributed by atoms with Crippen molar-refractivity contribution in [2.24, 2.45) is 0 Å². The Labute approximate surface area is 195 Å². The molecule has 32 heavy (non-hydrogen) atoms. The maximum absolute atomic E-state index is 12.2. The van der Waals surface area contributed by atoms with E-state index >= 15 is 0 Å². The van der Waals surface area contributed by atoms with Gasteiger partial charge in [0, 0.05) is 31.1 Å². The van der Waals surface area contributed by atoms with Gasteiger partial charge in [-0.2, -0.15) is 0 Å². The van der Waals surface area contributed by atoms with Gasteiger partial charge in [-0.05, 0) is 31.5 Å². The van der Waals surface area contributed by atoms with Crippen molar-refractivity contribution in [1.82, 2.24) is 25.5 Å². The number of benzene rings is 1. The predicted octanol–water partition coefficient (Wildman–Crippen LogP) is 3.23. The number of nitrogens with zero attached hydrogens (tertiary/aromatic N) is 3. The van der Waals surface area contributed by atoms with E-state index < -0.39 is 6.03 Å². The Balaban J connectivity index is 1.39. The molecule has 4 rings (SSSR count). The van der Waals surface area contributed by atoms with Crippen molar-refractivity contribution in [2.75, 3.05) is 31.2 Å². The first-order chi connectivity index (χ1) is 15.5. The summed E-state index contributed by atoms with van der Waals surface area (Å²) in [6, 6.07) is 9.02. The number of urea groups is 1. The number of anilines is 1. The van der Waals surface area contributed by atoms with Crippen molar-refractivity contribution >= 4 is 51.1 Å². The number of rotatable bonds is 7. The summed E-state index contributed by atoms with van der Waals surface area (Å²) in [4.78, 5) is 38.2. The zero-order valence-electron chi connectivity index (χ0n) is 18.1. The molecule has 3 amide bonds. The van der Waals surface area contributed by atoms with Crippen LogP contribution in [0, 0.1) is 0 Å². The highest BCUT2D eigenvalue weighted by molar-refractivity contribution is 7.99. The fraction of sp³-hybridized carbons (Fsp3) is 0.364. The number of hydrogen-bond acceptors (Lipinski definition) is 8. The van der Waals surface area contributed by atoms with E-state index in [1.54, 1.807) is 11.3 Å². The molecule has 0 saturated carbocycles. The molecule has 0 fully saturated rings. The summed E-state index contributed by atoms with van der Waals surface area (Å²) in [6.07, 6.45) is 0.987. The van der Waals surface area contributed by atoms with Crippen molar-refractivity contribution in [1.29, 1.82) is 0 Å². The molecule has 0 bridgehead atoms. The van der Waals surface area contributed by atoms with Crippen molar-refractivity contribution in [3.8, 4) is 0 Å². The minimum atomic E-state index is -0.515. The molecule has 8 nitrogen and oxygen atoms in total. The molecule has 1 aliphatic heterocycles. The van der Waals surface area contributed by atoms with Crippen molar-refractivity contribution in [3.63, 3.8) is 0 Å². The molecule has 0 aliphatic carbocycles. The average molecular weight is 471 g/mol. The number of fused-ring (bicyclic) bond motifs is 3. The van der Waals surface area contributed by atoms with Crippen LogP contribution in [0.5, 0.6) is 0 Å². The Bertz CT molecular complexity index is 1120. The second-order valence-corrected chi connectivity index (χ2v) is 9.59. The molecular formula is C22H26N6O2S2. The van der Waals surface area contributed by atoms with Crippen molar-refractivity contribution < 1.29 is 9.59 Å². The number of thioether (sulfide) groups is 1. The number of carbonyl (C=O) groups excluding carboxylic acids is 2. The van der Waals surface area contributed by atoms with Gasteiger partial charge in [-0.3, -0.25) is 10.1 Å². The summed E-state index contributed by atoms with van der Waals surface area (Å²) in [5, 5.41) is 10.0. The SMILES string of the molecule is CCNc1nc(SCC(=O)NC(=O)NCc2ccccc2)nc2sc3c(c12)CCN(C)C3. The summed E-state index contributed by atoms with van der Waals surface area (Å²) in [7, 11) is 2.13. The third-order valence-electron chi connectivity index (χ3n) is 5.10. The first kappa shape index (κ1) is 22.5. The highest BCUT2D eigenvalue weighted by Gasteiger charge is 2.23. The van der Waals surface area contributed by atoms with Gasteiger partial charge in [0.1, 0.15) is 10.6 Å². The Kier molecular flexibility index (Phi) is 7.23. The van der Waals surface area contributed by atoms with E-state index in [9.17, 15) is 9.59 Å². The minimum Gasteiger partial charge on any atom is -0.370 e. The van der Waals surface area contributed by atoms with Crippen LogP contribution in [0.1, 0.15) is 22.9 Å². The van der Waals surface area contributed by atoms with E-state index in [0.29, 0.717) is 11.7 Å². The predicted molar refractivity (Wildman–Crippen MR) is 129 cm³/mol. The first-order valence-corrected chi connectivity index (χ1v) is 12.3. The van der Waals surface area contributed by atoms with Crippen LogP contribution >= 0.6 is 23.1 Å². The van der Waals surface area contributed by atoms with Crippen LogP contribution in [0.25, 0.3) is 10.2 Å². The van der Waals surface area contributed by atoms with E-state index in [4.69, 9.17) is 4.98 Å². The molecule has 0 atom stereocenters. The number of likely N-dealkylation sites (N-methyl/N-ethyl adjacent to an activating group) is 1. The van der Waals surface area contributed by atoms with Crippen LogP contribution in [-0.4, -0.2) is 52.7 Å². The Morgan fingerprint density at radius 2 is 2.03 bits per heavy atom. The standard InChI is InChI=1S/C22H26N6O2S2/c1-3-23-19-18-15-9-10-28(2)12-16(15)32-20(18)27-22(26-19)31-13-17(29)25-21(30)24-11-14-7-5-4-6-8-14/h4-8H,3,9-13H2,1-2H3,(H,23,26,27)(H2,24,25,29,30). The topological polar surface area (TPSA) is 99.2 Å². The number of carbonyl (C=O) groups is 2. The van der Waals surface area contributed by atoms with Gasteiger partial charge in [-0.25, -0.2) is 14.8 Å². The number of imide groups is 1. The lowest BCUT2D eigenvalue weighted by atomic mass is 10.1. The van der Waals surface area contributed by atoms with Gasteiger partial charge in [0.2, 0.25) is 5.91 Å². The van der Waals surface area contributed by atoms with E-state index in [0.717, 1.165) is 47.7 Å². The van der Waals surface area contributed by atoms with Crippen LogP contribution in [0.15, 0.2) is 35.5 Å². The van der Waals surface area contributed by atoms with Crippen molar-refractivity contribution in [2.45, 2.75) is 31.6 Å². The van der Waals surface area contributed by atoms with E-state index in [2.05, 4.69) is 32.9 Å². The molecule has 3 aromatic rings. The lowest BCUT2D eigenvalue weighted by Gasteiger charge is -2.22.